The van der Waals surface area contributed by atoms with Gasteiger partial charge in [0.15, 0.2) is 0 Å². The molecule has 0 bridgehead atoms. The fourth-order valence-corrected chi connectivity index (χ4v) is 2.41. The molecule has 0 spiro atoms. The van der Waals surface area contributed by atoms with Crippen molar-refractivity contribution in [3.8, 4) is 5.75 Å². The summed E-state index contributed by atoms with van der Waals surface area (Å²) in [6, 6.07) is 16.7. The quantitative estimate of drug-likeness (QED) is 0.690. The van der Waals surface area contributed by atoms with E-state index in [9.17, 15) is 9.59 Å². The fraction of sp³-hybridized carbons (Fsp3) is 0.300. The third-order valence-corrected chi connectivity index (χ3v) is 3.66. The zero-order valence-corrected chi connectivity index (χ0v) is 14.5. The van der Waals surface area contributed by atoms with Crippen LogP contribution in [0.1, 0.15) is 29.3 Å². The van der Waals surface area contributed by atoms with Crippen LogP contribution in [-0.4, -0.2) is 31.5 Å². The van der Waals surface area contributed by atoms with Crippen molar-refractivity contribution in [1.82, 2.24) is 10.6 Å². The lowest BCUT2D eigenvalue weighted by atomic mass is 10.1. The molecule has 2 rings (SSSR count). The second kappa shape index (κ2) is 10.1. The molecule has 2 aromatic carbocycles. The summed E-state index contributed by atoms with van der Waals surface area (Å²) in [6.45, 7) is 3.34. The van der Waals surface area contributed by atoms with Crippen LogP contribution in [-0.2, 0) is 11.2 Å². The SMILES string of the molecule is CCOc1ccccc1CCC(=O)NCCNC(=O)c1ccccc1. The predicted molar refractivity (Wildman–Crippen MR) is 97.7 cm³/mol. The fourth-order valence-electron chi connectivity index (χ4n) is 2.41. The number of rotatable bonds is 9. The topological polar surface area (TPSA) is 67.4 Å². The number of carbonyl (C=O) groups is 2. The lowest BCUT2D eigenvalue weighted by Crippen LogP contribution is -2.34. The molecule has 0 atom stereocenters. The van der Waals surface area contributed by atoms with Crippen molar-refractivity contribution >= 4 is 11.8 Å². The van der Waals surface area contributed by atoms with Crippen LogP contribution in [0.3, 0.4) is 0 Å². The average molecular weight is 340 g/mol. The van der Waals surface area contributed by atoms with Crippen molar-refractivity contribution in [2.75, 3.05) is 19.7 Å². The third-order valence-electron chi connectivity index (χ3n) is 3.66. The van der Waals surface area contributed by atoms with E-state index < -0.39 is 0 Å². The molecule has 0 saturated heterocycles. The molecule has 0 aliphatic carbocycles. The van der Waals surface area contributed by atoms with Crippen LogP contribution in [0.25, 0.3) is 0 Å². The minimum absolute atomic E-state index is 0.0414. The standard InChI is InChI=1S/C20H24N2O3/c1-2-25-18-11-7-6-8-16(18)12-13-19(23)21-14-15-22-20(24)17-9-4-3-5-10-17/h3-11H,2,12-15H2,1H3,(H,21,23)(H,22,24). The minimum atomic E-state index is -0.138. The van der Waals surface area contributed by atoms with Gasteiger partial charge in [-0.1, -0.05) is 36.4 Å². The number of benzene rings is 2. The second-order valence-electron chi connectivity index (χ2n) is 5.51. The number of nitrogens with one attached hydrogen (secondary N) is 2. The number of amides is 2. The molecule has 5 heteroatoms. The summed E-state index contributed by atoms with van der Waals surface area (Å²) in [6.07, 6.45) is 1.01. The van der Waals surface area contributed by atoms with E-state index in [4.69, 9.17) is 4.74 Å². The summed E-state index contributed by atoms with van der Waals surface area (Å²) < 4.78 is 5.56. The summed E-state index contributed by atoms with van der Waals surface area (Å²) in [5.74, 6) is 0.647. The van der Waals surface area contributed by atoms with Gasteiger partial charge in [0.1, 0.15) is 5.75 Å². The van der Waals surface area contributed by atoms with Crippen molar-refractivity contribution in [1.29, 1.82) is 0 Å². The molecule has 2 amide bonds. The Morgan fingerprint density at radius 2 is 1.60 bits per heavy atom. The molecule has 132 valence electrons. The van der Waals surface area contributed by atoms with E-state index in [-0.39, 0.29) is 11.8 Å². The first-order valence-electron chi connectivity index (χ1n) is 8.51. The van der Waals surface area contributed by atoms with Crippen molar-refractivity contribution in [2.24, 2.45) is 0 Å². The van der Waals surface area contributed by atoms with Crippen LogP contribution in [0.15, 0.2) is 54.6 Å². The summed E-state index contributed by atoms with van der Waals surface area (Å²) >= 11 is 0. The van der Waals surface area contributed by atoms with Gasteiger partial charge in [0.2, 0.25) is 5.91 Å². The van der Waals surface area contributed by atoms with Gasteiger partial charge in [-0.05, 0) is 37.1 Å². The minimum Gasteiger partial charge on any atom is -0.494 e. The molecule has 25 heavy (non-hydrogen) atoms. The van der Waals surface area contributed by atoms with Gasteiger partial charge in [-0.25, -0.2) is 0 Å². The Kier molecular flexibility index (Phi) is 7.50. The zero-order valence-electron chi connectivity index (χ0n) is 14.5. The van der Waals surface area contributed by atoms with E-state index in [1.807, 2.05) is 49.4 Å². The van der Waals surface area contributed by atoms with Crippen molar-refractivity contribution in [2.45, 2.75) is 19.8 Å². The zero-order chi connectivity index (χ0) is 17.9. The van der Waals surface area contributed by atoms with Crippen molar-refractivity contribution in [3.05, 3.63) is 65.7 Å². The lowest BCUT2D eigenvalue weighted by Gasteiger charge is -2.10. The van der Waals surface area contributed by atoms with Gasteiger partial charge >= 0.3 is 0 Å². The van der Waals surface area contributed by atoms with Gasteiger partial charge in [0.25, 0.3) is 5.91 Å². The van der Waals surface area contributed by atoms with Crippen molar-refractivity contribution in [3.63, 3.8) is 0 Å². The summed E-state index contributed by atoms with van der Waals surface area (Å²) in [4.78, 5) is 23.8. The Hall–Kier alpha value is -2.82. The Labute approximate surface area is 148 Å². The number of hydrogen-bond donors (Lipinski definition) is 2. The van der Waals surface area contributed by atoms with E-state index >= 15 is 0 Å². The first-order valence-corrected chi connectivity index (χ1v) is 8.51. The van der Waals surface area contributed by atoms with E-state index in [2.05, 4.69) is 10.6 Å². The third kappa shape index (κ3) is 6.30. The van der Waals surface area contributed by atoms with Crippen LogP contribution in [0, 0.1) is 0 Å². The van der Waals surface area contributed by atoms with E-state index in [1.165, 1.54) is 0 Å². The predicted octanol–water partition coefficient (Wildman–Crippen LogP) is 2.56. The number of ether oxygens (including phenoxy) is 1. The highest BCUT2D eigenvalue weighted by atomic mass is 16.5. The molecule has 0 unspecified atom stereocenters. The summed E-state index contributed by atoms with van der Waals surface area (Å²) in [5, 5.41) is 5.60. The van der Waals surface area contributed by atoms with Gasteiger partial charge in [-0.2, -0.15) is 0 Å². The Balaban J connectivity index is 1.67. The van der Waals surface area contributed by atoms with Crippen LogP contribution in [0.4, 0.5) is 0 Å². The molecule has 0 fully saturated rings. The Bertz CT molecular complexity index is 686. The van der Waals surface area contributed by atoms with Gasteiger partial charge < -0.3 is 15.4 Å². The van der Waals surface area contributed by atoms with Crippen LogP contribution < -0.4 is 15.4 Å². The second-order valence-corrected chi connectivity index (χ2v) is 5.51. The van der Waals surface area contributed by atoms with Crippen molar-refractivity contribution < 1.29 is 14.3 Å². The highest BCUT2D eigenvalue weighted by molar-refractivity contribution is 5.94. The van der Waals surface area contributed by atoms with E-state index in [0.29, 0.717) is 38.1 Å². The molecule has 0 heterocycles. The van der Waals surface area contributed by atoms with E-state index in [1.54, 1.807) is 12.1 Å². The monoisotopic (exact) mass is 340 g/mol. The first-order chi connectivity index (χ1) is 12.2. The maximum absolute atomic E-state index is 11.9. The lowest BCUT2D eigenvalue weighted by molar-refractivity contribution is -0.121. The molecule has 2 N–H and O–H groups in total. The molecule has 0 saturated carbocycles. The van der Waals surface area contributed by atoms with Crippen LogP contribution >= 0.6 is 0 Å². The molecule has 0 aliphatic rings. The van der Waals surface area contributed by atoms with Crippen LogP contribution in [0.5, 0.6) is 5.75 Å². The molecular weight excluding hydrogens is 316 g/mol. The van der Waals surface area contributed by atoms with Gasteiger partial charge in [-0.3, -0.25) is 9.59 Å². The highest BCUT2D eigenvalue weighted by Crippen LogP contribution is 2.19. The molecule has 0 aromatic heterocycles. The summed E-state index contributed by atoms with van der Waals surface area (Å²) in [5.41, 5.74) is 1.64. The van der Waals surface area contributed by atoms with E-state index in [0.717, 1.165) is 11.3 Å². The van der Waals surface area contributed by atoms with Crippen LogP contribution in [0.2, 0.25) is 0 Å². The normalized spacial score (nSPS) is 10.1. The Morgan fingerprint density at radius 1 is 0.920 bits per heavy atom. The molecule has 5 nitrogen and oxygen atoms in total. The number of aryl methyl sites for hydroxylation is 1. The highest BCUT2D eigenvalue weighted by Gasteiger charge is 2.07. The molecule has 2 aromatic rings. The Morgan fingerprint density at radius 3 is 2.36 bits per heavy atom. The van der Waals surface area contributed by atoms with Gasteiger partial charge in [-0.15, -0.1) is 0 Å². The largest absolute Gasteiger partial charge is 0.494 e. The average Bonchev–Trinajstić information content (AvgIpc) is 2.65. The summed E-state index contributed by atoms with van der Waals surface area (Å²) in [7, 11) is 0. The number of carbonyl (C=O) groups excluding carboxylic acids is 2. The maximum atomic E-state index is 11.9. The number of para-hydroxylation sites is 1. The first kappa shape index (κ1) is 18.5. The molecular formula is C20H24N2O3. The molecule has 0 radical (unpaired) electrons. The number of hydrogen-bond acceptors (Lipinski definition) is 3. The molecule has 0 aliphatic heterocycles. The van der Waals surface area contributed by atoms with Gasteiger partial charge in [0, 0.05) is 25.1 Å². The van der Waals surface area contributed by atoms with Gasteiger partial charge in [0.05, 0.1) is 6.61 Å². The maximum Gasteiger partial charge on any atom is 0.251 e. The smallest absolute Gasteiger partial charge is 0.251 e.